The van der Waals surface area contributed by atoms with E-state index in [4.69, 9.17) is 9.15 Å². The van der Waals surface area contributed by atoms with E-state index < -0.39 is 35.5 Å². The smallest absolute Gasteiger partial charge is 0.312 e. The highest BCUT2D eigenvalue weighted by Crippen LogP contribution is 2.22. The van der Waals surface area contributed by atoms with E-state index >= 15 is 0 Å². The molecule has 0 saturated carbocycles. The van der Waals surface area contributed by atoms with Crippen molar-refractivity contribution in [3.8, 4) is 0 Å². The number of hydrogen-bond donors (Lipinski definition) is 1. The van der Waals surface area contributed by atoms with E-state index in [-0.39, 0.29) is 31.1 Å². The first-order valence-corrected chi connectivity index (χ1v) is 8.60. The number of hydrogen-bond acceptors (Lipinski definition) is 5. The molecule has 148 valence electrons. The number of nitrogens with one attached hydrogen (secondary N) is 1. The molecular formula is C19H18F2N2O5. The molecule has 0 radical (unpaired) electrons. The minimum absolute atomic E-state index is 0.0273. The number of esters is 1. The first kappa shape index (κ1) is 19.5. The number of furan rings is 1. The fourth-order valence-electron chi connectivity index (χ4n) is 2.82. The Morgan fingerprint density at radius 1 is 1.36 bits per heavy atom. The Kier molecular flexibility index (Phi) is 5.72. The van der Waals surface area contributed by atoms with Crippen molar-refractivity contribution in [2.24, 2.45) is 5.92 Å². The van der Waals surface area contributed by atoms with E-state index in [2.05, 4.69) is 5.32 Å². The summed E-state index contributed by atoms with van der Waals surface area (Å²) in [5, 5.41) is 2.23. The predicted octanol–water partition coefficient (Wildman–Crippen LogP) is 2.48. The van der Waals surface area contributed by atoms with Gasteiger partial charge in [-0.3, -0.25) is 14.4 Å². The van der Waals surface area contributed by atoms with Crippen molar-refractivity contribution in [3.05, 3.63) is 54.0 Å². The average molecular weight is 392 g/mol. The molecule has 2 atom stereocenters. The molecule has 1 aromatic carbocycles. The Balaban J connectivity index is 1.53. The van der Waals surface area contributed by atoms with Crippen LogP contribution in [0.1, 0.15) is 19.1 Å². The predicted molar refractivity (Wildman–Crippen MR) is 92.8 cm³/mol. The van der Waals surface area contributed by atoms with Crippen LogP contribution in [0.3, 0.4) is 0 Å². The Morgan fingerprint density at radius 3 is 2.82 bits per heavy atom. The molecule has 1 aromatic heterocycles. The largest absolute Gasteiger partial charge is 0.467 e. The van der Waals surface area contributed by atoms with Crippen LogP contribution < -0.4 is 5.32 Å². The summed E-state index contributed by atoms with van der Waals surface area (Å²) in [5.74, 6) is -3.52. The van der Waals surface area contributed by atoms with Gasteiger partial charge in [-0.25, -0.2) is 8.78 Å². The molecule has 3 rings (SSSR count). The molecule has 0 bridgehead atoms. The summed E-state index contributed by atoms with van der Waals surface area (Å²) in [7, 11) is 0. The first-order valence-electron chi connectivity index (χ1n) is 8.60. The zero-order valence-corrected chi connectivity index (χ0v) is 15.0. The zero-order chi connectivity index (χ0) is 20.3. The maximum atomic E-state index is 13.6. The van der Waals surface area contributed by atoms with Gasteiger partial charge in [-0.15, -0.1) is 0 Å². The summed E-state index contributed by atoms with van der Waals surface area (Å²) in [5.41, 5.74) is -0.227. The molecule has 0 unspecified atom stereocenters. The monoisotopic (exact) mass is 392 g/mol. The van der Waals surface area contributed by atoms with Crippen LogP contribution in [0, 0.1) is 17.6 Å². The highest BCUT2D eigenvalue weighted by Gasteiger charge is 2.37. The van der Waals surface area contributed by atoms with Gasteiger partial charge < -0.3 is 19.4 Å². The second kappa shape index (κ2) is 8.20. The summed E-state index contributed by atoms with van der Waals surface area (Å²) < 4.78 is 36.8. The fraction of sp³-hybridized carbons (Fsp3) is 0.316. The van der Waals surface area contributed by atoms with Crippen molar-refractivity contribution in [2.75, 3.05) is 11.9 Å². The highest BCUT2D eigenvalue weighted by atomic mass is 19.1. The third-order valence-corrected chi connectivity index (χ3v) is 4.33. The standard InChI is InChI=1S/C19H18F2N2O5/c1-11(18(25)22-16-5-4-13(20)8-15(16)21)28-19(26)12-7-17(24)23(9-12)10-14-3-2-6-27-14/h2-6,8,11-12H,7,9-10H2,1H3,(H,22,25)/t11-,12+/m0/s1. The molecule has 0 aliphatic carbocycles. The van der Waals surface area contributed by atoms with Crippen molar-refractivity contribution in [1.82, 2.24) is 4.90 Å². The normalized spacial score (nSPS) is 17.5. The Hall–Kier alpha value is -3.23. The summed E-state index contributed by atoms with van der Waals surface area (Å²) >= 11 is 0. The second-order valence-electron chi connectivity index (χ2n) is 6.45. The molecule has 1 aliphatic rings. The van der Waals surface area contributed by atoms with Gasteiger partial charge in [-0.05, 0) is 31.2 Å². The van der Waals surface area contributed by atoms with Crippen LogP contribution in [0.15, 0.2) is 41.0 Å². The SMILES string of the molecule is C[C@H](OC(=O)[C@@H]1CC(=O)N(Cc2ccco2)C1)C(=O)Nc1ccc(F)cc1F. The van der Waals surface area contributed by atoms with Gasteiger partial charge in [0.2, 0.25) is 5.91 Å². The topological polar surface area (TPSA) is 88.9 Å². The van der Waals surface area contributed by atoms with E-state index in [0.29, 0.717) is 11.8 Å². The lowest BCUT2D eigenvalue weighted by Gasteiger charge is -2.17. The van der Waals surface area contributed by atoms with Gasteiger partial charge >= 0.3 is 5.97 Å². The number of carbonyl (C=O) groups excluding carboxylic acids is 3. The number of ether oxygens (including phenoxy) is 1. The number of nitrogens with zero attached hydrogens (tertiary/aromatic N) is 1. The van der Waals surface area contributed by atoms with E-state index in [1.165, 1.54) is 18.1 Å². The van der Waals surface area contributed by atoms with Crippen LogP contribution in [-0.4, -0.2) is 35.3 Å². The zero-order valence-electron chi connectivity index (χ0n) is 15.0. The fourth-order valence-corrected chi connectivity index (χ4v) is 2.82. The van der Waals surface area contributed by atoms with Gasteiger partial charge in [0.05, 0.1) is 24.4 Å². The Bertz CT molecular complexity index is 884. The number of likely N-dealkylation sites (tertiary alicyclic amines) is 1. The molecule has 2 aromatic rings. The van der Waals surface area contributed by atoms with E-state index in [1.807, 2.05) is 0 Å². The van der Waals surface area contributed by atoms with Gasteiger partial charge in [-0.1, -0.05) is 0 Å². The number of rotatable bonds is 6. The third-order valence-electron chi connectivity index (χ3n) is 4.33. The summed E-state index contributed by atoms with van der Waals surface area (Å²) in [6.45, 7) is 1.72. The summed E-state index contributed by atoms with van der Waals surface area (Å²) in [4.78, 5) is 37.9. The maximum Gasteiger partial charge on any atom is 0.312 e. The molecule has 9 heteroatoms. The minimum atomic E-state index is -1.22. The van der Waals surface area contributed by atoms with Crippen molar-refractivity contribution in [2.45, 2.75) is 26.0 Å². The third kappa shape index (κ3) is 4.54. The second-order valence-corrected chi connectivity index (χ2v) is 6.45. The minimum Gasteiger partial charge on any atom is -0.467 e. The summed E-state index contributed by atoms with van der Waals surface area (Å²) in [6.07, 6.45) is 0.248. The number of amides is 2. The average Bonchev–Trinajstić information content (AvgIpc) is 3.28. The summed E-state index contributed by atoms with van der Waals surface area (Å²) in [6, 6.07) is 6.11. The van der Waals surface area contributed by atoms with Crippen LogP contribution in [0.2, 0.25) is 0 Å². The van der Waals surface area contributed by atoms with Gasteiger partial charge in [-0.2, -0.15) is 0 Å². The molecule has 0 spiro atoms. The quantitative estimate of drug-likeness (QED) is 0.763. The Morgan fingerprint density at radius 2 is 2.14 bits per heavy atom. The van der Waals surface area contributed by atoms with Gasteiger partial charge in [0.1, 0.15) is 17.4 Å². The van der Waals surface area contributed by atoms with Crippen LogP contribution in [-0.2, 0) is 25.7 Å². The molecule has 1 fully saturated rings. The van der Waals surface area contributed by atoms with Crippen molar-refractivity contribution in [1.29, 1.82) is 0 Å². The van der Waals surface area contributed by atoms with E-state index in [0.717, 1.165) is 12.1 Å². The molecule has 7 nitrogen and oxygen atoms in total. The molecule has 1 N–H and O–H groups in total. The number of anilines is 1. The number of halogens is 2. The lowest BCUT2D eigenvalue weighted by molar-refractivity contribution is -0.157. The lowest BCUT2D eigenvalue weighted by atomic mass is 10.1. The Labute approximate surface area is 159 Å². The van der Waals surface area contributed by atoms with Crippen LogP contribution >= 0.6 is 0 Å². The lowest BCUT2D eigenvalue weighted by Crippen LogP contribution is -2.33. The molecular weight excluding hydrogens is 374 g/mol. The molecule has 1 saturated heterocycles. The van der Waals surface area contributed by atoms with Gasteiger partial charge in [0.15, 0.2) is 6.10 Å². The van der Waals surface area contributed by atoms with Crippen LogP contribution in [0.4, 0.5) is 14.5 Å². The van der Waals surface area contributed by atoms with Crippen molar-refractivity contribution >= 4 is 23.5 Å². The first-order chi connectivity index (χ1) is 13.3. The van der Waals surface area contributed by atoms with Gasteiger partial charge in [0.25, 0.3) is 5.91 Å². The van der Waals surface area contributed by atoms with Gasteiger partial charge in [0, 0.05) is 19.0 Å². The van der Waals surface area contributed by atoms with E-state index in [1.54, 1.807) is 12.1 Å². The number of carbonyl (C=O) groups is 3. The maximum absolute atomic E-state index is 13.6. The van der Waals surface area contributed by atoms with Crippen molar-refractivity contribution < 1.29 is 32.3 Å². The number of benzene rings is 1. The van der Waals surface area contributed by atoms with Crippen LogP contribution in [0.5, 0.6) is 0 Å². The van der Waals surface area contributed by atoms with E-state index in [9.17, 15) is 23.2 Å². The molecule has 28 heavy (non-hydrogen) atoms. The molecule has 1 aliphatic heterocycles. The van der Waals surface area contributed by atoms with Crippen LogP contribution in [0.25, 0.3) is 0 Å². The van der Waals surface area contributed by atoms with Crippen molar-refractivity contribution in [3.63, 3.8) is 0 Å². The molecule has 2 heterocycles. The highest BCUT2D eigenvalue weighted by molar-refractivity contribution is 5.95. The molecule has 2 amide bonds.